The van der Waals surface area contributed by atoms with Crippen molar-refractivity contribution in [3.8, 4) is 0 Å². The molecule has 5 nitrogen and oxygen atoms in total. The molecule has 0 aliphatic carbocycles. The summed E-state index contributed by atoms with van der Waals surface area (Å²) in [6.07, 6.45) is 9.68. The summed E-state index contributed by atoms with van der Waals surface area (Å²) in [6, 6.07) is 0. The SMILES string of the molecule is CCCCCC(CCOC)COC(=O)CCCCCC(=O)OC(C)CC(C)C. The molecule has 0 N–H and O–H groups in total. The van der Waals surface area contributed by atoms with Crippen molar-refractivity contribution in [2.45, 2.75) is 104 Å². The monoisotopic (exact) mass is 400 g/mol. The lowest BCUT2D eigenvalue weighted by Crippen LogP contribution is -2.17. The molecular weight excluding hydrogens is 356 g/mol. The normalized spacial score (nSPS) is 13.4. The molecule has 2 atom stereocenters. The van der Waals surface area contributed by atoms with E-state index < -0.39 is 0 Å². The minimum atomic E-state index is -0.135. The average Bonchev–Trinajstić information content (AvgIpc) is 2.62. The van der Waals surface area contributed by atoms with Crippen molar-refractivity contribution < 1.29 is 23.8 Å². The number of carbonyl (C=O) groups is 2. The summed E-state index contributed by atoms with van der Waals surface area (Å²) in [6.45, 7) is 9.57. The minimum absolute atomic E-state index is 0.0224. The van der Waals surface area contributed by atoms with Crippen LogP contribution >= 0.6 is 0 Å². The highest BCUT2D eigenvalue weighted by atomic mass is 16.5. The Morgan fingerprint density at radius 2 is 1.54 bits per heavy atom. The molecule has 0 saturated carbocycles. The number of ether oxygens (including phenoxy) is 3. The van der Waals surface area contributed by atoms with Crippen molar-refractivity contribution in [3.05, 3.63) is 0 Å². The van der Waals surface area contributed by atoms with Crippen molar-refractivity contribution in [1.82, 2.24) is 0 Å². The number of methoxy groups -OCH3 is 1. The Labute approximate surface area is 172 Å². The predicted octanol–water partition coefficient (Wildman–Crippen LogP) is 5.69. The largest absolute Gasteiger partial charge is 0.465 e. The van der Waals surface area contributed by atoms with Crippen LogP contribution in [0.4, 0.5) is 0 Å². The molecule has 0 radical (unpaired) electrons. The lowest BCUT2D eigenvalue weighted by atomic mass is 9.99. The molecule has 2 unspecified atom stereocenters. The highest BCUT2D eigenvalue weighted by molar-refractivity contribution is 5.70. The smallest absolute Gasteiger partial charge is 0.306 e. The van der Waals surface area contributed by atoms with Gasteiger partial charge in [0, 0.05) is 26.6 Å². The van der Waals surface area contributed by atoms with E-state index >= 15 is 0 Å². The van der Waals surface area contributed by atoms with Gasteiger partial charge in [0.2, 0.25) is 0 Å². The second-order valence-electron chi connectivity index (χ2n) is 8.32. The number of rotatable bonds is 18. The number of unbranched alkanes of at least 4 members (excludes halogenated alkanes) is 4. The maximum atomic E-state index is 12.0. The van der Waals surface area contributed by atoms with Gasteiger partial charge in [0.25, 0.3) is 0 Å². The number of esters is 2. The van der Waals surface area contributed by atoms with Crippen LogP contribution in [-0.4, -0.2) is 38.4 Å². The van der Waals surface area contributed by atoms with Crippen LogP contribution in [0.1, 0.15) is 98.3 Å². The molecule has 28 heavy (non-hydrogen) atoms. The molecule has 166 valence electrons. The average molecular weight is 401 g/mol. The summed E-state index contributed by atoms with van der Waals surface area (Å²) >= 11 is 0. The Hall–Kier alpha value is -1.10. The first kappa shape index (κ1) is 26.9. The van der Waals surface area contributed by atoms with Crippen LogP contribution in [0.2, 0.25) is 0 Å². The first-order valence-corrected chi connectivity index (χ1v) is 11.2. The molecule has 0 rings (SSSR count). The molecule has 0 fully saturated rings. The lowest BCUT2D eigenvalue weighted by Gasteiger charge is -2.16. The van der Waals surface area contributed by atoms with Gasteiger partial charge in [-0.3, -0.25) is 9.59 Å². The minimum Gasteiger partial charge on any atom is -0.465 e. The molecule has 0 amide bonds. The van der Waals surface area contributed by atoms with Crippen molar-refractivity contribution in [3.63, 3.8) is 0 Å². The van der Waals surface area contributed by atoms with E-state index in [4.69, 9.17) is 14.2 Å². The Bertz CT molecular complexity index is 394. The first-order chi connectivity index (χ1) is 13.4. The summed E-state index contributed by atoms with van der Waals surface area (Å²) in [5.41, 5.74) is 0. The molecule has 0 aromatic carbocycles. The Balaban J connectivity index is 3.82. The van der Waals surface area contributed by atoms with Crippen LogP contribution in [0.25, 0.3) is 0 Å². The highest BCUT2D eigenvalue weighted by Crippen LogP contribution is 2.16. The molecular formula is C23H44O5. The maximum Gasteiger partial charge on any atom is 0.306 e. The fourth-order valence-electron chi connectivity index (χ4n) is 3.27. The standard InChI is InChI=1S/C23H44O5/c1-6-7-9-12-21(15-16-26-5)18-27-22(24)13-10-8-11-14-23(25)28-20(4)17-19(2)3/h19-21H,6-18H2,1-5H3. The molecule has 0 aromatic rings. The molecule has 0 saturated heterocycles. The van der Waals surface area contributed by atoms with Gasteiger partial charge in [-0.2, -0.15) is 0 Å². The third-order valence-corrected chi connectivity index (χ3v) is 4.82. The maximum absolute atomic E-state index is 12.0. The molecule has 0 aromatic heterocycles. The molecule has 0 bridgehead atoms. The number of hydrogen-bond acceptors (Lipinski definition) is 5. The zero-order valence-electron chi connectivity index (χ0n) is 19.0. The summed E-state index contributed by atoms with van der Waals surface area (Å²) in [5.74, 6) is 0.641. The van der Waals surface area contributed by atoms with Crippen LogP contribution in [0, 0.1) is 11.8 Å². The van der Waals surface area contributed by atoms with Crippen molar-refractivity contribution in [1.29, 1.82) is 0 Å². The summed E-state index contributed by atoms with van der Waals surface area (Å²) in [4.78, 5) is 23.7. The van der Waals surface area contributed by atoms with Crippen LogP contribution in [0.15, 0.2) is 0 Å². The summed E-state index contributed by atoms with van der Waals surface area (Å²) in [5, 5.41) is 0. The van der Waals surface area contributed by atoms with E-state index in [0.717, 1.165) is 38.5 Å². The zero-order chi connectivity index (χ0) is 21.2. The fraction of sp³-hybridized carbons (Fsp3) is 0.913. The van der Waals surface area contributed by atoms with E-state index in [1.807, 2.05) is 6.92 Å². The molecule has 0 spiro atoms. The molecule has 5 heteroatoms. The van der Waals surface area contributed by atoms with E-state index in [1.165, 1.54) is 19.3 Å². The fourth-order valence-corrected chi connectivity index (χ4v) is 3.27. The van der Waals surface area contributed by atoms with Crippen molar-refractivity contribution >= 4 is 11.9 Å². The van der Waals surface area contributed by atoms with Gasteiger partial charge in [-0.15, -0.1) is 0 Å². The Morgan fingerprint density at radius 3 is 2.14 bits per heavy atom. The predicted molar refractivity (Wildman–Crippen MR) is 113 cm³/mol. The van der Waals surface area contributed by atoms with Crippen LogP contribution in [0.5, 0.6) is 0 Å². The van der Waals surface area contributed by atoms with Gasteiger partial charge in [-0.1, -0.05) is 46.5 Å². The summed E-state index contributed by atoms with van der Waals surface area (Å²) in [7, 11) is 1.70. The van der Waals surface area contributed by atoms with E-state index in [9.17, 15) is 9.59 Å². The van der Waals surface area contributed by atoms with E-state index in [2.05, 4.69) is 20.8 Å². The van der Waals surface area contributed by atoms with Gasteiger partial charge in [-0.05, 0) is 50.9 Å². The van der Waals surface area contributed by atoms with Gasteiger partial charge in [-0.25, -0.2) is 0 Å². The third-order valence-electron chi connectivity index (χ3n) is 4.82. The highest BCUT2D eigenvalue weighted by Gasteiger charge is 2.13. The lowest BCUT2D eigenvalue weighted by molar-refractivity contribution is -0.149. The first-order valence-electron chi connectivity index (χ1n) is 11.2. The second-order valence-corrected chi connectivity index (χ2v) is 8.32. The quantitative estimate of drug-likeness (QED) is 0.218. The van der Waals surface area contributed by atoms with Crippen molar-refractivity contribution in [2.24, 2.45) is 11.8 Å². The van der Waals surface area contributed by atoms with Gasteiger partial charge < -0.3 is 14.2 Å². The molecule has 0 heterocycles. The van der Waals surface area contributed by atoms with E-state index in [-0.39, 0.29) is 18.0 Å². The Kier molecular flexibility index (Phi) is 17.3. The Morgan fingerprint density at radius 1 is 0.857 bits per heavy atom. The van der Waals surface area contributed by atoms with Crippen LogP contribution in [0.3, 0.4) is 0 Å². The number of carbonyl (C=O) groups excluding carboxylic acids is 2. The van der Waals surface area contributed by atoms with E-state index in [1.54, 1.807) is 7.11 Å². The van der Waals surface area contributed by atoms with Gasteiger partial charge in [0.05, 0.1) is 12.7 Å². The molecule has 0 aliphatic rings. The van der Waals surface area contributed by atoms with E-state index in [0.29, 0.717) is 37.9 Å². The van der Waals surface area contributed by atoms with Gasteiger partial charge >= 0.3 is 11.9 Å². The second kappa shape index (κ2) is 18.0. The third kappa shape index (κ3) is 17.0. The van der Waals surface area contributed by atoms with Gasteiger partial charge in [0.1, 0.15) is 0 Å². The van der Waals surface area contributed by atoms with Crippen molar-refractivity contribution in [2.75, 3.05) is 20.3 Å². The van der Waals surface area contributed by atoms with Gasteiger partial charge in [0.15, 0.2) is 0 Å². The zero-order valence-corrected chi connectivity index (χ0v) is 19.0. The van der Waals surface area contributed by atoms with Crippen LogP contribution in [-0.2, 0) is 23.8 Å². The topological polar surface area (TPSA) is 61.8 Å². The molecule has 0 aliphatic heterocycles. The number of hydrogen-bond donors (Lipinski definition) is 0. The van der Waals surface area contributed by atoms with Crippen LogP contribution < -0.4 is 0 Å². The summed E-state index contributed by atoms with van der Waals surface area (Å²) < 4.78 is 16.0.